The highest BCUT2D eigenvalue weighted by molar-refractivity contribution is 5.22. The fourth-order valence-electron chi connectivity index (χ4n) is 1.63. The Morgan fingerprint density at radius 3 is 2.70 bits per heavy atom. The van der Waals surface area contributed by atoms with Crippen molar-refractivity contribution in [2.75, 3.05) is 13.2 Å². The number of rotatable bonds is 7. The summed E-state index contributed by atoms with van der Waals surface area (Å²) in [6, 6.07) is 8.84. The molecule has 0 aliphatic heterocycles. The first-order valence-corrected chi connectivity index (χ1v) is 6.15. The Kier molecular flexibility index (Phi) is 5.14. The summed E-state index contributed by atoms with van der Waals surface area (Å²) in [5.41, 5.74) is 6.86. The van der Waals surface area contributed by atoms with Gasteiger partial charge in [0.15, 0.2) is 5.82 Å². The number of nitrogens with two attached hydrogens (primary N) is 1. The molecule has 2 aromatic rings. The average Bonchev–Trinajstić information content (AvgIpc) is 2.92. The van der Waals surface area contributed by atoms with Crippen LogP contribution in [0.2, 0.25) is 0 Å². The molecule has 0 spiro atoms. The predicted octanol–water partition coefficient (Wildman–Crippen LogP) is 1.94. The van der Waals surface area contributed by atoms with Crippen LogP contribution >= 0.6 is 0 Å². The van der Waals surface area contributed by atoms with Gasteiger partial charge in [0.1, 0.15) is 12.6 Å². The summed E-state index contributed by atoms with van der Waals surface area (Å²) in [4.78, 5) is 4.13. The number of ether oxygens (including phenoxy) is 1. The maximum Gasteiger partial charge on any atom is 0.261 e. The van der Waals surface area contributed by atoms with Gasteiger partial charge in [-0.2, -0.15) is 4.98 Å². The lowest BCUT2D eigenvalue weighted by Gasteiger charge is -2.05. The third-order valence-corrected chi connectivity index (χ3v) is 2.62. The minimum Gasteiger partial charge on any atom is -0.375 e. The molecule has 1 heterocycles. The van der Waals surface area contributed by atoms with Crippen molar-refractivity contribution in [2.24, 2.45) is 5.73 Å². The van der Waals surface area contributed by atoms with Crippen LogP contribution in [0.1, 0.15) is 23.3 Å². The molecule has 0 aliphatic rings. The molecule has 0 bridgehead atoms. The molecule has 1 aromatic heterocycles. The molecule has 0 saturated heterocycles. The van der Waals surface area contributed by atoms with Gasteiger partial charge in [-0.05, 0) is 5.56 Å². The molecule has 0 saturated carbocycles. The second-order valence-corrected chi connectivity index (χ2v) is 4.15. The van der Waals surface area contributed by atoms with Crippen LogP contribution in [-0.4, -0.2) is 29.8 Å². The number of alkyl halides is 2. The smallest absolute Gasteiger partial charge is 0.261 e. The molecule has 1 aromatic carbocycles. The van der Waals surface area contributed by atoms with E-state index in [9.17, 15) is 8.78 Å². The van der Waals surface area contributed by atoms with E-state index in [2.05, 4.69) is 10.1 Å². The van der Waals surface area contributed by atoms with Crippen molar-refractivity contribution < 1.29 is 18.0 Å². The van der Waals surface area contributed by atoms with Crippen LogP contribution in [0.15, 0.2) is 34.9 Å². The third-order valence-electron chi connectivity index (χ3n) is 2.62. The summed E-state index contributed by atoms with van der Waals surface area (Å²) in [7, 11) is 0. The monoisotopic (exact) mass is 283 g/mol. The molecular formula is C13H15F2N3O2. The van der Waals surface area contributed by atoms with Crippen molar-refractivity contribution in [1.82, 2.24) is 10.1 Å². The molecule has 1 atom stereocenters. The van der Waals surface area contributed by atoms with Crippen LogP contribution in [0.25, 0.3) is 0 Å². The number of halogens is 2. The van der Waals surface area contributed by atoms with Crippen molar-refractivity contribution >= 4 is 0 Å². The molecule has 2 rings (SSSR count). The normalized spacial score (nSPS) is 12.8. The summed E-state index contributed by atoms with van der Waals surface area (Å²) in [6.45, 7) is -0.474. The Balaban J connectivity index is 1.89. The molecule has 2 N–H and O–H groups in total. The van der Waals surface area contributed by atoms with Gasteiger partial charge in [-0.15, -0.1) is 0 Å². The quantitative estimate of drug-likeness (QED) is 0.786. The van der Waals surface area contributed by atoms with E-state index < -0.39 is 19.1 Å². The summed E-state index contributed by atoms with van der Waals surface area (Å²) in [6.07, 6.45) is -2.17. The van der Waals surface area contributed by atoms with Crippen molar-refractivity contribution in [3.63, 3.8) is 0 Å². The highest BCUT2D eigenvalue weighted by Gasteiger charge is 2.16. The van der Waals surface area contributed by atoms with Gasteiger partial charge in [-0.25, -0.2) is 8.78 Å². The van der Waals surface area contributed by atoms with E-state index in [4.69, 9.17) is 15.0 Å². The van der Waals surface area contributed by atoms with Gasteiger partial charge in [0.05, 0.1) is 6.61 Å². The zero-order chi connectivity index (χ0) is 14.4. The number of hydrogen-bond acceptors (Lipinski definition) is 5. The van der Waals surface area contributed by atoms with E-state index >= 15 is 0 Å². The zero-order valence-electron chi connectivity index (χ0n) is 10.7. The summed E-state index contributed by atoms with van der Waals surface area (Å²) >= 11 is 0. The second-order valence-electron chi connectivity index (χ2n) is 4.15. The topological polar surface area (TPSA) is 74.2 Å². The van der Waals surface area contributed by atoms with E-state index in [1.807, 2.05) is 30.3 Å². The van der Waals surface area contributed by atoms with Gasteiger partial charge >= 0.3 is 0 Å². The highest BCUT2D eigenvalue weighted by Crippen LogP contribution is 2.17. The number of nitrogens with zero attached hydrogens (tertiary/aromatic N) is 2. The number of hydrogen-bond donors (Lipinski definition) is 1. The number of aromatic nitrogens is 2. The van der Waals surface area contributed by atoms with E-state index in [-0.39, 0.29) is 6.61 Å². The van der Waals surface area contributed by atoms with Crippen molar-refractivity contribution in [3.05, 3.63) is 47.6 Å². The largest absolute Gasteiger partial charge is 0.375 e. The molecule has 0 fully saturated rings. The molecule has 5 nitrogen and oxygen atoms in total. The van der Waals surface area contributed by atoms with Crippen LogP contribution < -0.4 is 5.73 Å². The minimum absolute atomic E-state index is 0.115. The van der Waals surface area contributed by atoms with Gasteiger partial charge < -0.3 is 15.0 Å². The van der Waals surface area contributed by atoms with Crippen molar-refractivity contribution in [2.45, 2.75) is 18.9 Å². The zero-order valence-corrected chi connectivity index (χ0v) is 10.7. The van der Waals surface area contributed by atoms with Crippen LogP contribution in [0.3, 0.4) is 0 Å². The lowest BCUT2D eigenvalue weighted by Crippen LogP contribution is -2.12. The molecule has 0 amide bonds. The fraction of sp³-hybridized carbons (Fsp3) is 0.385. The van der Waals surface area contributed by atoms with Gasteiger partial charge in [0, 0.05) is 6.42 Å². The molecule has 0 radical (unpaired) electrons. The Hall–Kier alpha value is -1.86. The minimum atomic E-state index is -2.47. The van der Waals surface area contributed by atoms with Gasteiger partial charge in [-0.1, -0.05) is 35.5 Å². The van der Waals surface area contributed by atoms with E-state index in [1.54, 1.807) is 0 Å². The first-order chi connectivity index (χ1) is 9.66. The van der Waals surface area contributed by atoms with Crippen LogP contribution in [0, 0.1) is 0 Å². The predicted molar refractivity (Wildman–Crippen MR) is 67.3 cm³/mol. The first-order valence-electron chi connectivity index (χ1n) is 6.15. The molecule has 108 valence electrons. The second kappa shape index (κ2) is 7.06. The van der Waals surface area contributed by atoms with Crippen molar-refractivity contribution in [1.29, 1.82) is 0 Å². The van der Waals surface area contributed by atoms with Crippen LogP contribution in [-0.2, 0) is 11.2 Å². The lowest BCUT2D eigenvalue weighted by atomic mass is 10.1. The van der Waals surface area contributed by atoms with Crippen LogP contribution in [0.5, 0.6) is 0 Å². The van der Waals surface area contributed by atoms with Gasteiger partial charge in [0.25, 0.3) is 6.43 Å². The maximum absolute atomic E-state index is 11.9. The lowest BCUT2D eigenvalue weighted by molar-refractivity contribution is 0.0182. The maximum atomic E-state index is 11.9. The van der Waals surface area contributed by atoms with Crippen molar-refractivity contribution in [3.8, 4) is 0 Å². The van der Waals surface area contributed by atoms with Gasteiger partial charge in [0.2, 0.25) is 5.89 Å². The highest BCUT2D eigenvalue weighted by atomic mass is 19.3. The Bertz CT molecular complexity index is 519. The van der Waals surface area contributed by atoms with E-state index in [0.717, 1.165) is 5.56 Å². The Morgan fingerprint density at radius 1 is 1.25 bits per heavy atom. The number of benzene rings is 1. The molecule has 0 aliphatic carbocycles. The molecule has 1 unspecified atom stereocenters. The van der Waals surface area contributed by atoms with Crippen LogP contribution in [0.4, 0.5) is 8.78 Å². The summed E-state index contributed by atoms with van der Waals surface area (Å²) < 4.78 is 33.6. The third kappa shape index (κ3) is 4.07. The first kappa shape index (κ1) is 14.5. The Labute approximate surface area is 114 Å². The van der Waals surface area contributed by atoms with E-state index in [1.165, 1.54) is 0 Å². The summed E-state index contributed by atoms with van der Waals surface area (Å²) in [5, 5.41) is 3.75. The molecule has 7 heteroatoms. The molecule has 20 heavy (non-hydrogen) atoms. The fourth-order valence-corrected chi connectivity index (χ4v) is 1.63. The standard InChI is InChI=1S/C13H15F2N3O2/c14-10(15)8-19-7-6-11-17-13(20-18-11)12(16)9-4-2-1-3-5-9/h1-5,10,12H,6-8,16H2. The Morgan fingerprint density at radius 2 is 2.00 bits per heavy atom. The molecular weight excluding hydrogens is 268 g/mol. The summed E-state index contributed by atoms with van der Waals surface area (Å²) in [5.74, 6) is 0.681. The van der Waals surface area contributed by atoms with Gasteiger partial charge in [-0.3, -0.25) is 0 Å². The SMILES string of the molecule is NC(c1ccccc1)c1nc(CCOCC(F)F)no1. The van der Waals surface area contributed by atoms with E-state index in [0.29, 0.717) is 18.1 Å². The average molecular weight is 283 g/mol.